The van der Waals surface area contributed by atoms with Crippen molar-refractivity contribution in [3.05, 3.63) is 101 Å². The number of fused-ring (bicyclic) bond motifs is 1. The van der Waals surface area contributed by atoms with Gasteiger partial charge in [0.1, 0.15) is 17.2 Å². The van der Waals surface area contributed by atoms with Gasteiger partial charge in [0.2, 0.25) is 0 Å². The highest BCUT2D eigenvalue weighted by atomic mass is 19.4. The molecule has 2 N–H and O–H groups in total. The lowest BCUT2D eigenvalue weighted by Gasteiger charge is -2.22. The van der Waals surface area contributed by atoms with Crippen molar-refractivity contribution in [3.63, 3.8) is 0 Å². The summed E-state index contributed by atoms with van der Waals surface area (Å²) in [6.45, 7) is 6.44. The minimum atomic E-state index is -4.72. The molecule has 1 aliphatic carbocycles. The van der Waals surface area contributed by atoms with Gasteiger partial charge in [-0.15, -0.1) is 0 Å². The number of carboxylic acids is 1. The molecule has 6 nitrogen and oxygen atoms in total. The molecular formula is C36H37F3N2O4. The van der Waals surface area contributed by atoms with Gasteiger partial charge in [0.25, 0.3) is 5.91 Å². The molecule has 0 spiro atoms. The summed E-state index contributed by atoms with van der Waals surface area (Å²) in [6.07, 6.45) is -0.470. The van der Waals surface area contributed by atoms with Gasteiger partial charge in [-0.3, -0.25) is 9.59 Å². The number of alkyl halides is 3. The van der Waals surface area contributed by atoms with Gasteiger partial charge in [0, 0.05) is 11.1 Å². The number of carbonyl (C=O) groups is 2. The Bertz CT molecular complexity index is 1690. The molecule has 9 heteroatoms. The molecule has 1 aliphatic rings. The second kappa shape index (κ2) is 12.9. The van der Waals surface area contributed by atoms with E-state index in [-0.39, 0.29) is 16.7 Å². The van der Waals surface area contributed by atoms with Crippen LogP contribution < -0.4 is 10.1 Å². The number of benzene rings is 3. The quantitative estimate of drug-likeness (QED) is 0.195. The maximum atomic E-state index is 13.8. The van der Waals surface area contributed by atoms with Crippen LogP contribution in [-0.4, -0.2) is 22.0 Å². The largest absolute Gasteiger partial charge is 0.481 e. The number of hydrogen-bond donors (Lipinski definition) is 2. The van der Waals surface area contributed by atoms with Crippen molar-refractivity contribution in [2.75, 3.05) is 0 Å². The number of nitrogens with zero attached hydrogens (tertiary/aromatic N) is 1. The number of amides is 1. The molecule has 1 saturated carbocycles. The Hall–Kier alpha value is -4.40. The molecule has 3 aromatic carbocycles. The summed E-state index contributed by atoms with van der Waals surface area (Å²) < 4.78 is 47.5. The summed E-state index contributed by atoms with van der Waals surface area (Å²) in [4.78, 5) is 29.9. The smallest absolute Gasteiger partial charge is 0.416 e. The number of pyridine rings is 1. The number of halogens is 3. The van der Waals surface area contributed by atoms with Crippen LogP contribution in [0.3, 0.4) is 0 Å². The van der Waals surface area contributed by atoms with E-state index in [1.807, 2.05) is 36.4 Å². The molecule has 1 amide bonds. The van der Waals surface area contributed by atoms with Crippen LogP contribution in [0.25, 0.3) is 10.8 Å². The Morgan fingerprint density at radius 3 is 2.27 bits per heavy atom. The molecule has 45 heavy (non-hydrogen) atoms. The number of rotatable bonds is 9. The summed E-state index contributed by atoms with van der Waals surface area (Å²) in [7, 11) is 0. The fraction of sp³-hybridized carbons (Fsp3) is 0.361. The fourth-order valence-electron chi connectivity index (χ4n) is 5.98. The highest BCUT2D eigenvalue weighted by Gasteiger charge is 2.36. The molecule has 1 fully saturated rings. The molecule has 0 bridgehead atoms. The van der Waals surface area contributed by atoms with Crippen molar-refractivity contribution in [2.24, 2.45) is 5.92 Å². The van der Waals surface area contributed by atoms with Crippen LogP contribution in [0.2, 0.25) is 0 Å². The van der Waals surface area contributed by atoms with Crippen molar-refractivity contribution in [1.29, 1.82) is 0 Å². The SMILES string of the molecule is CC(C)(C)c1ccc(Oc2ccc3cc(C(=O)NC(CC(=O)O)c4ccccc4C(F)(F)F)nc(CC4CCCC4)c3c2)cc1. The average Bonchev–Trinajstić information content (AvgIpc) is 3.49. The van der Waals surface area contributed by atoms with E-state index in [1.165, 1.54) is 23.8 Å². The molecular weight excluding hydrogens is 581 g/mol. The van der Waals surface area contributed by atoms with Gasteiger partial charge < -0.3 is 15.2 Å². The zero-order chi connectivity index (χ0) is 32.4. The predicted octanol–water partition coefficient (Wildman–Crippen LogP) is 9.02. The van der Waals surface area contributed by atoms with E-state index in [9.17, 15) is 27.9 Å². The normalized spacial score (nSPS) is 14.8. The maximum absolute atomic E-state index is 13.8. The number of carbonyl (C=O) groups excluding carboxylic acids is 1. The molecule has 1 unspecified atom stereocenters. The Balaban J connectivity index is 1.48. The van der Waals surface area contributed by atoms with Crippen molar-refractivity contribution in [1.82, 2.24) is 10.3 Å². The standard InChI is InChI=1S/C36H37F3N2O4/c1-35(2,3)24-13-16-25(17-14-24)45-26-15-12-23-19-32(40-30(28(23)20-26)18-22-8-4-5-9-22)34(44)41-31(21-33(42)43)27-10-6-7-11-29(27)36(37,38)39/h6-7,10-17,19-20,22,31H,4-5,8-9,18,21H2,1-3H3,(H,41,44)(H,42,43). The molecule has 0 aliphatic heterocycles. The summed E-state index contributed by atoms with van der Waals surface area (Å²) in [6, 6.07) is 18.3. The molecule has 5 rings (SSSR count). The number of nitrogens with one attached hydrogen (secondary N) is 1. The Labute approximate surface area is 260 Å². The van der Waals surface area contributed by atoms with Crippen LogP contribution in [0, 0.1) is 5.92 Å². The Morgan fingerprint density at radius 2 is 1.62 bits per heavy atom. The van der Waals surface area contributed by atoms with Crippen molar-refractivity contribution < 1.29 is 32.6 Å². The van der Waals surface area contributed by atoms with Gasteiger partial charge in [0.05, 0.1) is 18.0 Å². The number of hydrogen-bond acceptors (Lipinski definition) is 4. The lowest BCUT2D eigenvalue weighted by Crippen LogP contribution is -2.32. The zero-order valence-corrected chi connectivity index (χ0v) is 25.6. The molecule has 1 atom stereocenters. The van der Waals surface area contributed by atoms with Crippen LogP contribution in [0.4, 0.5) is 13.2 Å². The Morgan fingerprint density at radius 1 is 0.956 bits per heavy atom. The van der Waals surface area contributed by atoms with E-state index in [4.69, 9.17) is 9.72 Å². The topological polar surface area (TPSA) is 88.5 Å². The minimum Gasteiger partial charge on any atom is -0.481 e. The third kappa shape index (κ3) is 7.82. The summed E-state index contributed by atoms with van der Waals surface area (Å²) in [5.41, 5.74) is 0.609. The number of aliphatic carboxylic acids is 1. The molecule has 1 heterocycles. The van der Waals surface area contributed by atoms with Gasteiger partial charge >= 0.3 is 12.1 Å². The molecule has 4 aromatic rings. The van der Waals surface area contributed by atoms with Crippen molar-refractivity contribution >= 4 is 22.6 Å². The minimum absolute atomic E-state index is 0.0155. The van der Waals surface area contributed by atoms with Gasteiger partial charge in [0.15, 0.2) is 0 Å². The molecule has 1 aromatic heterocycles. The van der Waals surface area contributed by atoms with Crippen LogP contribution in [0.5, 0.6) is 11.5 Å². The van der Waals surface area contributed by atoms with E-state index in [0.29, 0.717) is 29.5 Å². The summed E-state index contributed by atoms with van der Waals surface area (Å²) in [5, 5.41) is 13.6. The average molecular weight is 619 g/mol. The highest BCUT2D eigenvalue weighted by Crippen LogP contribution is 2.36. The fourth-order valence-corrected chi connectivity index (χ4v) is 5.98. The zero-order valence-electron chi connectivity index (χ0n) is 25.6. The first-order chi connectivity index (χ1) is 21.3. The van der Waals surface area contributed by atoms with E-state index >= 15 is 0 Å². The first-order valence-electron chi connectivity index (χ1n) is 15.2. The monoisotopic (exact) mass is 618 g/mol. The van der Waals surface area contributed by atoms with E-state index in [1.54, 1.807) is 12.1 Å². The highest BCUT2D eigenvalue weighted by molar-refractivity contribution is 5.98. The third-order valence-electron chi connectivity index (χ3n) is 8.35. The maximum Gasteiger partial charge on any atom is 0.416 e. The van der Waals surface area contributed by atoms with E-state index < -0.39 is 36.1 Å². The van der Waals surface area contributed by atoms with Gasteiger partial charge in [-0.25, -0.2) is 4.98 Å². The summed E-state index contributed by atoms with van der Waals surface area (Å²) >= 11 is 0. The van der Waals surface area contributed by atoms with Crippen LogP contribution in [0.15, 0.2) is 72.8 Å². The van der Waals surface area contributed by atoms with E-state index in [2.05, 4.69) is 26.1 Å². The predicted molar refractivity (Wildman–Crippen MR) is 167 cm³/mol. The van der Waals surface area contributed by atoms with Gasteiger partial charge in [-0.05, 0) is 70.7 Å². The molecule has 236 valence electrons. The van der Waals surface area contributed by atoms with Gasteiger partial charge in [-0.1, -0.05) is 82.9 Å². The number of carboxylic acid groups (broad SMARTS) is 1. The first-order valence-corrected chi connectivity index (χ1v) is 15.2. The lowest BCUT2D eigenvalue weighted by atomic mass is 9.87. The van der Waals surface area contributed by atoms with Crippen LogP contribution in [-0.2, 0) is 22.8 Å². The molecule has 0 radical (unpaired) electrons. The Kier molecular flexibility index (Phi) is 9.18. The van der Waals surface area contributed by atoms with Crippen molar-refractivity contribution in [3.8, 4) is 11.5 Å². The second-order valence-electron chi connectivity index (χ2n) is 12.8. The van der Waals surface area contributed by atoms with Crippen molar-refractivity contribution in [2.45, 2.75) is 76.9 Å². The van der Waals surface area contributed by atoms with Gasteiger partial charge in [-0.2, -0.15) is 13.2 Å². The number of aromatic nitrogens is 1. The third-order valence-corrected chi connectivity index (χ3v) is 8.35. The van der Waals surface area contributed by atoms with Crippen LogP contribution >= 0.6 is 0 Å². The van der Waals surface area contributed by atoms with E-state index in [0.717, 1.165) is 42.5 Å². The molecule has 0 saturated heterocycles. The van der Waals surface area contributed by atoms with Crippen LogP contribution in [0.1, 0.15) is 91.8 Å². The summed E-state index contributed by atoms with van der Waals surface area (Å²) in [5.74, 6) is -0.388. The first kappa shape index (κ1) is 32.0. The lowest BCUT2D eigenvalue weighted by molar-refractivity contribution is -0.140. The second-order valence-corrected chi connectivity index (χ2v) is 12.8. The number of ether oxygens (including phenoxy) is 1.